The lowest BCUT2D eigenvalue weighted by molar-refractivity contribution is -0.130. The minimum atomic E-state index is -0.893. The van der Waals surface area contributed by atoms with Crippen LogP contribution in [0.2, 0.25) is 0 Å². The number of fused-ring (bicyclic) bond motifs is 5. The van der Waals surface area contributed by atoms with Gasteiger partial charge in [-0.3, -0.25) is 4.79 Å². The molecule has 0 spiro atoms. The first-order valence-corrected chi connectivity index (χ1v) is 14.0. The zero-order valence-electron chi connectivity index (χ0n) is 22.2. The third-order valence-corrected chi connectivity index (χ3v) is 8.74. The number of piperidine rings is 1. The number of carbonyl (C=O) groups excluding carboxylic acids is 1. The van der Waals surface area contributed by atoms with Gasteiger partial charge in [0.25, 0.3) is 0 Å². The largest absolute Gasteiger partial charge is 0.478 e. The summed E-state index contributed by atoms with van der Waals surface area (Å²) in [5.74, 6) is -0.210. The zero-order valence-corrected chi connectivity index (χ0v) is 23.1. The first-order valence-electron chi connectivity index (χ1n) is 14.0. The van der Waals surface area contributed by atoms with E-state index in [1.54, 1.807) is 6.07 Å². The summed E-state index contributed by atoms with van der Waals surface area (Å²) in [4.78, 5) is 29.5. The van der Waals surface area contributed by atoms with Gasteiger partial charge in [0.1, 0.15) is 0 Å². The van der Waals surface area contributed by atoms with Crippen LogP contribution in [-0.2, 0) is 11.3 Å². The molecule has 1 aliphatic carbocycles. The van der Waals surface area contributed by atoms with E-state index < -0.39 is 5.97 Å². The molecule has 2 fully saturated rings. The third kappa shape index (κ3) is 4.79. The number of aromatic nitrogens is 1. The Morgan fingerprint density at radius 3 is 2.37 bits per heavy atom. The Kier molecular flexibility index (Phi) is 7.71. The van der Waals surface area contributed by atoms with Crippen LogP contribution in [-0.4, -0.2) is 52.6 Å². The van der Waals surface area contributed by atoms with Crippen molar-refractivity contribution in [3.05, 3.63) is 53.1 Å². The summed E-state index contributed by atoms with van der Waals surface area (Å²) in [6.45, 7) is 5.67. The SMILES string of the molecule is Cc1ccc2c(c1)N(CC(=O)N1CCCCC1)CCn1c-2c(C2CCCCC2)c2ccc(C(=O)O)cc21.Cl. The van der Waals surface area contributed by atoms with Gasteiger partial charge in [0.2, 0.25) is 5.91 Å². The molecule has 1 saturated carbocycles. The van der Waals surface area contributed by atoms with E-state index in [-0.39, 0.29) is 18.3 Å². The number of carboxylic acids is 1. The van der Waals surface area contributed by atoms with Crippen LogP contribution < -0.4 is 4.90 Å². The molecule has 0 radical (unpaired) electrons. The topological polar surface area (TPSA) is 65.8 Å². The van der Waals surface area contributed by atoms with E-state index in [0.717, 1.165) is 43.7 Å². The maximum atomic E-state index is 13.3. The van der Waals surface area contributed by atoms with Gasteiger partial charge in [-0.2, -0.15) is 0 Å². The second-order valence-corrected chi connectivity index (χ2v) is 11.2. The van der Waals surface area contributed by atoms with Crippen molar-refractivity contribution in [3.63, 3.8) is 0 Å². The van der Waals surface area contributed by atoms with Crippen LogP contribution in [0.1, 0.15) is 78.8 Å². The van der Waals surface area contributed by atoms with Crippen molar-refractivity contribution in [2.75, 3.05) is 31.1 Å². The number of aromatic carboxylic acids is 1. The van der Waals surface area contributed by atoms with Crippen LogP contribution in [0.5, 0.6) is 0 Å². The lowest BCUT2D eigenvalue weighted by Gasteiger charge is -2.31. The molecule has 0 atom stereocenters. The number of anilines is 1. The Labute approximate surface area is 231 Å². The molecular formula is C31H38ClN3O3. The number of aryl methyl sites for hydroxylation is 1. The summed E-state index contributed by atoms with van der Waals surface area (Å²) in [6, 6.07) is 12.3. The predicted octanol–water partition coefficient (Wildman–Crippen LogP) is 6.62. The monoisotopic (exact) mass is 535 g/mol. The summed E-state index contributed by atoms with van der Waals surface area (Å²) in [5, 5.41) is 10.9. The van der Waals surface area contributed by atoms with E-state index in [0.29, 0.717) is 24.6 Å². The third-order valence-electron chi connectivity index (χ3n) is 8.74. The van der Waals surface area contributed by atoms with Crippen molar-refractivity contribution >= 4 is 40.9 Å². The van der Waals surface area contributed by atoms with E-state index in [1.165, 1.54) is 66.3 Å². The molecule has 7 heteroatoms. The lowest BCUT2D eigenvalue weighted by atomic mass is 9.81. The van der Waals surface area contributed by atoms with E-state index >= 15 is 0 Å². The Morgan fingerprint density at radius 2 is 1.63 bits per heavy atom. The van der Waals surface area contributed by atoms with Crippen molar-refractivity contribution in [1.29, 1.82) is 0 Å². The summed E-state index contributed by atoms with van der Waals surface area (Å²) in [5.41, 5.74) is 7.42. The van der Waals surface area contributed by atoms with Gasteiger partial charge in [0.05, 0.1) is 17.8 Å². The molecule has 2 aromatic carbocycles. The number of hydrogen-bond donors (Lipinski definition) is 1. The zero-order chi connectivity index (χ0) is 25.5. The van der Waals surface area contributed by atoms with E-state index in [1.807, 2.05) is 17.0 Å². The van der Waals surface area contributed by atoms with Crippen LogP contribution in [0.4, 0.5) is 5.69 Å². The van der Waals surface area contributed by atoms with Crippen LogP contribution >= 0.6 is 12.4 Å². The minimum Gasteiger partial charge on any atom is -0.478 e. The van der Waals surface area contributed by atoms with Crippen LogP contribution in [0.25, 0.3) is 22.2 Å². The van der Waals surface area contributed by atoms with E-state index in [9.17, 15) is 14.7 Å². The Bertz CT molecular complexity index is 1350. The molecule has 3 heterocycles. The number of carbonyl (C=O) groups is 2. The van der Waals surface area contributed by atoms with Crippen molar-refractivity contribution < 1.29 is 14.7 Å². The number of hydrogen-bond acceptors (Lipinski definition) is 3. The van der Waals surface area contributed by atoms with Crippen LogP contribution in [0, 0.1) is 6.92 Å². The smallest absolute Gasteiger partial charge is 0.335 e. The first kappa shape index (κ1) is 26.6. The van der Waals surface area contributed by atoms with Crippen LogP contribution in [0.3, 0.4) is 0 Å². The molecule has 0 bridgehead atoms. The maximum absolute atomic E-state index is 13.3. The molecule has 0 unspecified atom stereocenters. The van der Waals surface area contributed by atoms with Gasteiger partial charge in [0.15, 0.2) is 0 Å². The average molecular weight is 536 g/mol. The van der Waals surface area contributed by atoms with E-state index in [4.69, 9.17) is 0 Å². The summed E-state index contributed by atoms with van der Waals surface area (Å²) < 4.78 is 2.35. The number of nitrogens with zero attached hydrogens (tertiary/aromatic N) is 3. The Hall–Kier alpha value is -2.99. The highest BCUT2D eigenvalue weighted by molar-refractivity contribution is 6.00. The second kappa shape index (κ2) is 11.0. The van der Waals surface area contributed by atoms with Crippen molar-refractivity contribution in [1.82, 2.24) is 9.47 Å². The van der Waals surface area contributed by atoms with Crippen molar-refractivity contribution in [3.8, 4) is 11.3 Å². The fourth-order valence-electron chi connectivity index (χ4n) is 6.85. The molecule has 6 rings (SSSR count). The summed E-state index contributed by atoms with van der Waals surface area (Å²) in [7, 11) is 0. The molecule has 1 saturated heterocycles. The molecule has 1 amide bonds. The average Bonchev–Trinajstić information content (AvgIpc) is 3.16. The highest BCUT2D eigenvalue weighted by atomic mass is 35.5. The number of carboxylic acid groups (broad SMARTS) is 1. The molecule has 1 aromatic heterocycles. The van der Waals surface area contributed by atoms with Crippen molar-refractivity contribution in [2.45, 2.75) is 70.8 Å². The van der Waals surface area contributed by atoms with Gasteiger partial charge in [0, 0.05) is 48.3 Å². The maximum Gasteiger partial charge on any atom is 0.335 e. The highest BCUT2D eigenvalue weighted by Crippen LogP contribution is 2.47. The van der Waals surface area contributed by atoms with Gasteiger partial charge in [-0.1, -0.05) is 37.5 Å². The highest BCUT2D eigenvalue weighted by Gasteiger charge is 2.31. The molecule has 202 valence electrons. The van der Waals surface area contributed by atoms with Crippen LogP contribution in [0.15, 0.2) is 36.4 Å². The standard InChI is InChI=1S/C31H37N3O3.ClH/c1-21-10-12-25-26(18-21)33(20-28(35)32-14-6-3-7-15-32)16-17-34-27-19-23(31(36)37)11-13-24(27)29(30(25)34)22-8-4-2-5-9-22;/h10-13,18-19,22H,2-9,14-17,20H2,1H3,(H,36,37);1H. The summed E-state index contributed by atoms with van der Waals surface area (Å²) in [6.07, 6.45) is 9.50. The fraction of sp³-hybridized carbons (Fsp3) is 0.484. The normalized spacial score (nSPS) is 17.9. The quantitative estimate of drug-likeness (QED) is 0.408. The van der Waals surface area contributed by atoms with Gasteiger partial charge >= 0.3 is 5.97 Å². The summed E-state index contributed by atoms with van der Waals surface area (Å²) >= 11 is 0. The molecule has 2 aliphatic heterocycles. The molecular weight excluding hydrogens is 498 g/mol. The Balaban J connectivity index is 0.00000294. The predicted molar refractivity (Wildman–Crippen MR) is 155 cm³/mol. The number of benzene rings is 2. The van der Waals surface area contributed by atoms with Gasteiger partial charge in [-0.15, -0.1) is 12.4 Å². The second-order valence-electron chi connectivity index (χ2n) is 11.2. The molecule has 38 heavy (non-hydrogen) atoms. The number of halogens is 1. The Morgan fingerprint density at radius 1 is 0.895 bits per heavy atom. The minimum absolute atomic E-state index is 0. The van der Waals surface area contributed by atoms with E-state index in [2.05, 4.69) is 34.6 Å². The van der Waals surface area contributed by atoms with Crippen molar-refractivity contribution in [2.24, 2.45) is 0 Å². The molecule has 6 nitrogen and oxygen atoms in total. The lowest BCUT2D eigenvalue weighted by Crippen LogP contribution is -2.43. The number of amides is 1. The van der Waals surface area contributed by atoms with Gasteiger partial charge in [-0.25, -0.2) is 4.79 Å². The first-order chi connectivity index (χ1) is 18.0. The number of rotatable bonds is 4. The molecule has 1 N–H and O–H groups in total. The molecule has 3 aromatic rings. The number of likely N-dealkylation sites (tertiary alicyclic amines) is 1. The van der Waals surface area contributed by atoms with Gasteiger partial charge in [-0.05, 0) is 74.3 Å². The van der Waals surface area contributed by atoms with Gasteiger partial charge < -0.3 is 19.5 Å². The molecule has 3 aliphatic rings. The fourth-order valence-corrected chi connectivity index (χ4v) is 6.85.